The van der Waals surface area contributed by atoms with Crippen molar-refractivity contribution in [3.05, 3.63) is 65.2 Å². The number of aliphatic imine (C=N–C) groups is 1. The third-order valence-electron chi connectivity index (χ3n) is 4.83. The Morgan fingerprint density at radius 1 is 1.22 bits per heavy atom. The summed E-state index contributed by atoms with van der Waals surface area (Å²) in [6, 6.07) is 7.86. The summed E-state index contributed by atoms with van der Waals surface area (Å²) in [5, 5.41) is 17.3. The highest BCUT2D eigenvalue weighted by Gasteiger charge is 2.27. The van der Waals surface area contributed by atoms with Gasteiger partial charge in [-0.25, -0.2) is 14.4 Å². The average molecular weight is 556 g/mol. The summed E-state index contributed by atoms with van der Waals surface area (Å²) in [7, 11) is 0. The van der Waals surface area contributed by atoms with E-state index in [1.807, 2.05) is 26.8 Å². The Morgan fingerprint density at radius 3 is 2.56 bits per heavy atom. The molecule has 0 saturated heterocycles. The van der Waals surface area contributed by atoms with Gasteiger partial charge in [-0.1, -0.05) is 0 Å². The van der Waals surface area contributed by atoms with Crippen molar-refractivity contribution in [3.63, 3.8) is 0 Å². The molecule has 0 amide bonds. The normalized spacial score (nSPS) is 13.4. The van der Waals surface area contributed by atoms with Crippen LogP contribution in [0.1, 0.15) is 36.6 Å². The van der Waals surface area contributed by atoms with Crippen molar-refractivity contribution in [1.29, 1.82) is 0 Å². The van der Waals surface area contributed by atoms with Crippen LogP contribution >= 0.6 is 24.0 Å². The van der Waals surface area contributed by atoms with Gasteiger partial charge in [0.25, 0.3) is 0 Å². The van der Waals surface area contributed by atoms with Crippen molar-refractivity contribution in [2.45, 2.75) is 39.7 Å². The maximum atomic E-state index is 13.1. The summed E-state index contributed by atoms with van der Waals surface area (Å²) in [5.74, 6) is 2.21. The van der Waals surface area contributed by atoms with E-state index in [0.29, 0.717) is 37.1 Å². The van der Waals surface area contributed by atoms with Gasteiger partial charge in [0.1, 0.15) is 29.2 Å². The smallest absolute Gasteiger partial charge is 0.226 e. The highest BCUT2D eigenvalue weighted by Crippen LogP contribution is 2.27. The number of nitrogens with zero attached hydrogens (tertiary/aromatic N) is 2. The molecule has 1 atom stereocenters. The van der Waals surface area contributed by atoms with Crippen molar-refractivity contribution >= 4 is 29.9 Å². The van der Waals surface area contributed by atoms with Gasteiger partial charge in [0.15, 0.2) is 5.96 Å². The van der Waals surface area contributed by atoms with E-state index < -0.39 is 5.60 Å². The quantitative estimate of drug-likeness (QED) is 0.218. The number of furan rings is 1. The molecule has 0 aliphatic rings. The molecule has 0 spiro atoms. The summed E-state index contributed by atoms with van der Waals surface area (Å²) < 4.78 is 24.1. The topological polar surface area (TPSA) is 95.8 Å². The van der Waals surface area contributed by atoms with E-state index in [1.165, 1.54) is 12.1 Å². The van der Waals surface area contributed by atoms with Gasteiger partial charge in [0, 0.05) is 30.6 Å². The summed E-state index contributed by atoms with van der Waals surface area (Å²) in [4.78, 5) is 8.98. The monoisotopic (exact) mass is 556 g/mol. The molecule has 7 nitrogen and oxygen atoms in total. The van der Waals surface area contributed by atoms with Gasteiger partial charge in [-0.3, -0.25) is 0 Å². The fraction of sp³-hybridized carbons (Fsp3) is 0.391. The molecule has 2 aromatic heterocycles. The van der Waals surface area contributed by atoms with Crippen molar-refractivity contribution < 1.29 is 18.3 Å². The van der Waals surface area contributed by atoms with Gasteiger partial charge in [0.05, 0.1) is 12.2 Å². The van der Waals surface area contributed by atoms with E-state index in [1.54, 1.807) is 25.3 Å². The van der Waals surface area contributed by atoms with Crippen LogP contribution in [-0.4, -0.2) is 35.7 Å². The molecule has 0 radical (unpaired) electrons. The second-order valence-corrected chi connectivity index (χ2v) is 7.62. The predicted octanol–water partition coefficient (Wildman–Crippen LogP) is 4.31. The van der Waals surface area contributed by atoms with Crippen molar-refractivity contribution in [2.75, 3.05) is 19.6 Å². The highest BCUT2D eigenvalue weighted by molar-refractivity contribution is 14.0. The number of hydrogen-bond acceptors (Lipinski definition) is 5. The number of nitrogens with one attached hydrogen (secondary N) is 2. The number of aromatic nitrogens is 1. The third-order valence-corrected chi connectivity index (χ3v) is 4.83. The zero-order valence-corrected chi connectivity index (χ0v) is 21.1. The molecule has 1 unspecified atom stereocenters. The number of aliphatic hydroxyl groups is 1. The Bertz CT molecular complexity index is 1030. The first kappa shape index (κ1) is 25.9. The molecule has 0 aliphatic heterocycles. The lowest BCUT2D eigenvalue weighted by Gasteiger charge is -2.21. The molecule has 174 valence electrons. The molecular formula is C23H30FIN4O3. The van der Waals surface area contributed by atoms with E-state index in [9.17, 15) is 9.50 Å². The van der Waals surface area contributed by atoms with E-state index in [-0.39, 0.29) is 36.3 Å². The summed E-state index contributed by atoms with van der Waals surface area (Å²) in [5.41, 5.74) is 1.10. The van der Waals surface area contributed by atoms with Gasteiger partial charge in [-0.2, -0.15) is 0 Å². The lowest BCUT2D eigenvalue weighted by molar-refractivity contribution is 0.0657. The molecule has 3 aromatic rings. The molecular weight excluding hydrogens is 526 g/mol. The minimum Gasteiger partial charge on any atom is -0.466 e. The van der Waals surface area contributed by atoms with Gasteiger partial charge in [-0.05, 0) is 58.0 Å². The van der Waals surface area contributed by atoms with Crippen LogP contribution in [0, 0.1) is 19.7 Å². The predicted molar refractivity (Wildman–Crippen MR) is 133 cm³/mol. The number of hydrogen-bond donors (Lipinski definition) is 3. The first-order valence-corrected chi connectivity index (χ1v) is 10.3. The first-order valence-electron chi connectivity index (χ1n) is 10.3. The summed E-state index contributed by atoms with van der Waals surface area (Å²) in [6.45, 7) is 8.84. The fourth-order valence-corrected chi connectivity index (χ4v) is 3.28. The van der Waals surface area contributed by atoms with Crippen molar-refractivity contribution in [1.82, 2.24) is 15.6 Å². The number of benzene rings is 1. The van der Waals surface area contributed by atoms with E-state index >= 15 is 0 Å². The molecule has 2 heterocycles. The Balaban J connectivity index is 0.00000363. The van der Waals surface area contributed by atoms with Crippen molar-refractivity contribution in [2.24, 2.45) is 4.99 Å². The second-order valence-electron chi connectivity index (χ2n) is 7.62. The van der Waals surface area contributed by atoms with Crippen LogP contribution in [0.15, 0.2) is 50.4 Å². The maximum Gasteiger partial charge on any atom is 0.226 e. The molecule has 0 saturated carbocycles. The van der Waals surface area contributed by atoms with Crippen LogP contribution < -0.4 is 10.6 Å². The molecule has 32 heavy (non-hydrogen) atoms. The summed E-state index contributed by atoms with van der Waals surface area (Å²) in [6.07, 6.45) is 2.21. The Kier molecular flexibility index (Phi) is 9.26. The van der Waals surface area contributed by atoms with Crippen LogP contribution in [0.4, 0.5) is 4.39 Å². The number of rotatable bonds is 8. The third kappa shape index (κ3) is 6.80. The van der Waals surface area contributed by atoms with Gasteiger partial charge in [-0.15, -0.1) is 24.0 Å². The molecule has 0 fully saturated rings. The Morgan fingerprint density at radius 2 is 1.94 bits per heavy atom. The number of aryl methyl sites for hydroxylation is 2. The van der Waals surface area contributed by atoms with Gasteiger partial charge in [0.2, 0.25) is 5.89 Å². The average Bonchev–Trinajstić information content (AvgIpc) is 3.33. The van der Waals surface area contributed by atoms with Gasteiger partial charge >= 0.3 is 0 Å². The molecule has 0 bridgehead atoms. The molecule has 3 rings (SSSR count). The van der Waals surface area contributed by atoms with E-state index in [0.717, 1.165) is 22.6 Å². The standard InChI is InChI=1S/C23H29FN4O3.HI/c1-5-25-22(27-14-23(4,29)20-12-15(2)31-16(20)3)26-11-10-19-13-30-21(28-19)17-6-8-18(24)9-7-17;/h6-9,12-13,29H,5,10-11,14H2,1-4H3,(H2,25,26,27);1H. The van der Waals surface area contributed by atoms with Crippen LogP contribution in [0.2, 0.25) is 0 Å². The van der Waals surface area contributed by atoms with E-state index in [2.05, 4.69) is 20.6 Å². The van der Waals surface area contributed by atoms with Crippen LogP contribution in [0.5, 0.6) is 0 Å². The summed E-state index contributed by atoms with van der Waals surface area (Å²) >= 11 is 0. The minimum absolute atomic E-state index is 0. The molecule has 0 aliphatic carbocycles. The van der Waals surface area contributed by atoms with Crippen LogP contribution in [-0.2, 0) is 12.0 Å². The maximum absolute atomic E-state index is 13.1. The SMILES string of the molecule is CCNC(=NCC(C)(O)c1cc(C)oc1C)NCCc1coc(-c2ccc(F)cc2)n1.I. The number of halogens is 2. The Hall–Kier alpha value is -2.40. The minimum atomic E-state index is -1.14. The lowest BCUT2D eigenvalue weighted by Crippen LogP contribution is -2.39. The molecule has 9 heteroatoms. The van der Waals surface area contributed by atoms with Crippen molar-refractivity contribution in [3.8, 4) is 11.5 Å². The first-order chi connectivity index (χ1) is 14.8. The number of oxazole rings is 1. The van der Waals surface area contributed by atoms with Crippen LogP contribution in [0.3, 0.4) is 0 Å². The lowest BCUT2D eigenvalue weighted by atomic mass is 9.96. The number of guanidine groups is 1. The van der Waals surface area contributed by atoms with Crippen LogP contribution in [0.25, 0.3) is 11.5 Å². The largest absolute Gasteiger partial charge is 0.466 e. The fourth-order valence-electron chi connectivity index (χ4n) is 3.28. The molecule has 1 aromatic carbocycles. The zero-order valence-electron chi connectivity index (χ0n) is 18.7. The second kappa shape index (κ2) is 11.5. The van der Waals surface area contributed by atoms with Gasteiger partial charge < -0.3 is 24.6 Å². The van der Waals surface area contributed by atoms with E-state index in [4.69, 9.17) is 8.83 Å². The molecule has 3 N–H and O–H groups in total. The zero-order chi connectivity index (χ0) is 22.4. The highest BCUT2D eigenvalue weighted by atomic mass is 127. The Labute approximate surface area is 204 Å².